The minimum absolute atomic E-state index is 0.137. The second-order valence-corrected chi connectivity index (χ2v) is 6.30. The van der Waals surface area contributed by atoms with Crippen molar-refractivity contribution < 1.29 is 26.7 Å². The molecule has 0 spiro atoms. The lowest BCUT2D eigenvalue weighted by Gasteiger charge is -2.10. The first-order valence-electron chi connectivity index (χ1n) is 8.46. The maximum absolute atomic E-state index is 13.3. The molecule has 4 nitrogen and oxygen atoms in total. The van der Waals surface area contributed by atoms with Crippen molar-refractivity contribution in [1.82, 2.24) is 9.78 Å². The van der Waals surface area contributed by atoms with E-state index in [1.807, 2.05) is 0 Å². The van der Waals surface area contributed by atoms with E-state index >= 15 is 0 Å². The third kappa shape index (κ3) is 4.27. The summed E-state index contributed by atoms with van der Waals surface area (Å²) >= 11 is 0. The summed E-state index contributed by atoms with van der Waals surface area (Å²) in [5, 5.41) is 13.1. The normalized spacial score (nSPS) is 12.0. The van der Waals surface area contributed by atoms with Gasteiger partial charge >= 0.3 is 6.18 Å². The van der Waals surface area contributed by atoms with Crippen LogP contribution in [-0.4, -0.2) is 15.6 Å². The highest BCUT2D eigenvalue weighted by atomic mass is 19.4. The molecule has 2 aromatic carbocycles. The quantitative estimate of drug-likeness (QED) is 0.252. The first-order valence-corrected chi connectivity index (χ1v) is 8.46. The molecule has 0 atom stereocenters. The average Bonchev–Trinajstić information content (AvgIpc) is 3.10. The number of nitrogens with zero attached hydrogens (tertiary/aromatic N) is 3. The Morgan fingerprint density at radius 2 is 1.73 bits per heavy atom. The van der Waals surface area contributed by atoms with Gasteiger partial charge in [-0.05, 0) is 55.0 Å². The van der Waals surface area contributed by atoms with Crippen molar-refractivity contribution >= 4 is 11.9 Å². The standard InChI is InChI=1S/C21H12F5N3O/c1-12-8-19(21(24,25)26)29(28-12)16-5-2-13(3-6-16)9-15(11-27)20(30)14-4-7-17(22)18(23)10-14/h2-10H,1H3. The van der Waals surface area contributed by atoms with E-state index in [0.29, 0.717) is 11.6 Å². The van der Waals surface area contributed by atoms with E-state index in [2.05, 4.69) is 5.10 Å². The summed E-state index contributed by atoms with van der Waals surface area (Å²) in [5.74, 6) is -3.17. The summed E-state index contributed by atoms with van der Waals surface area (Å²) in [6.07, 6.45) is -3.39. The third-order valence-corrected chi connectivity index (χ3v) is 4.12. The highest BCUT2D eigenvalue weighted by Gasteiger charge is 2.35. The van der Waals surface area contributed by atoms with Gasteiger partial charge in [0.1, 0.15) is 17.3 Å². The topological polar surface area (TPSA) is 58.7 Å². The number of carbonyl (C=O) groups excluding carboxylic acids is 1. The number of hydrogen-bond acceptors (Lipinski definition) is 3. The number of aromatic nitrogens is 2. The Morgan fingerprint density at radius 1 is 1.07 bits per heavy atom. The minimum Gasteiger partial charge on any atom is -0.288 e. The number of allylic oxidation sites excluding steroid dienone is 1. The van der Waals surface area contributed by atoms with E-state index in [1.54, 1.807) is 6.07 Å². The SMILES string of the molecule is Cc1cc(C(F)(F)F)n(-c2ccc(C=C(C#N)C(=O)c3ccc(F)c(F)c3)cc2)n1. The fourth-order valence-electron chi connectivity index (χ4n) is 2.72. The fourth-order valence-corrected chi connectivity index (χ4v) is 2.72. The highest BCUT2D eigenvalue weighted by Crippen LogP contribution is 2.31. The molecule has 0 saturated heterocycles. The van der Waals surface area contributed by atoms with E-state index in [9.17, 15) is 32.0 Å². The third-order valence-electron chi connectivity index (χ3n) is 4.12. The van der Waals surface area contributed by atoms with Crippen LogP contribution in [-0.2, 0) is 6.18 Å². The zero-order valence-corrected chi connectivity index (χ0v) is 15.3. The Balaban J connectivity index is 1.92. The van der Waals surface area contributed by atoms with Gasteiger partial charge in [-0.1, -0.05) is 12.1 Å². The Labute approximate surface area is 167 Å². The van der Waals surface area contributed by atoms with Crippen LogP contribution in [0, 0.1) is 29.9 Å². The van der Waals surface area contributed by atoms with Gasteiger partial charge in [0.15, 0.2) is 11.6 Å². The first-order chi connectivity index (χ1) is 14.1. The second-order valence-electron chi connectivity index (χ2n) is 6.30. The molecule has 0 fully saturated rings. The van der Waals surface area contributed by atoms with Crippen LogP contribution in [0.3, 0.4) is 0 Å². The molecule has 0 unspecified atom stereocenters. The van der Waals surface area contributed by atoms with Crippen molar-refractivity contribution in [1.29, 1.82) is 5.26 Å². The molecule has 0 bridgehead atoms. The Hall–Kier alpha value is -3.80. The highest BCUT2D eigenvalue weighted by molar-refractivity contribution is 6.14. The number of rotatable bonds is 4. The molecule has 9 heteroatoms. The lowest BCUT2D eigenvalue weighted by Crippen LogP contribution is -2.13. The van der Waals surface area contributed by atoms with Gasteiger partial charge in [0.05, 0.1) is 11.4 Å². The van der Waals surface area contributed by atoms with Crippen LogP contribution in [0.25, 0.3) is 11.8 Å². The molecule has 1 aromatic heterocycles. The van der Waals surface area contributed by atoms with E-state index in [0.717, 1.165) is 22.9 Å². The predicted molar refractivity (Wildman–Crippen MR) is 97.6 cm³/mol. The van der Waals surface area contributed by atoms with Crippen LogP contribution in [0.4, 0.5) is 22.0 Å². The van der Waals surface area contributed by atoms with Crippen molar-refractivity contribution in [3.63, 3.8) is 0 Å². The summed E-state index contributed by atoms with van der Waals surface area (Å²) in [6.45, 7) is 1.44. The number of aryl methyl sites for hydroxylation is 1. The molecular formula is C21H12F5N3O. The lowest BCUT2D eigenvalue weighted by molar-refractivity contribution is -0.142. The van der Waals surface area contributed by atoms with Gasteiger partial charge in [0, 0.05) is 5.56 Å². The Kier molecular flexibility index (Phi) is 5.52. The molecule has 30 heavy (non-hydrogen) atoms. The van der Waals surface area contributed by atoms with Crippen LogP contribution >= 0.6 is 0 Å². The molecule has 3 rings (SSSR count). The number of carbonyl (C=O) groups is 1. The smallest absolute Gasteiger partial charge is 0.288 e. The number of halogens is 5. The van der Waals surface area contributed by atoms with E-state index in [1.165, 1.54) is 37.3 Å². The summed E-state index contributed by atoms with van der Waals surface area (Å²) in [5.41, 5.74) is -0.814. The number of alkyl halides is 3. The minimum atomic E-state index is -4.59. The molecule has 0 N–H and O–H groups in total. The molecule has 0 radical (unpaired) electrons. The lowest BCUT2D eigenvalue weighted by atomic mass is 10.0. The molecule has 3 aromatic rings. The fraction of sp³-hybridized carbons (Fsp3) is 0.0952. The second kappa shape index (κ2) is 7.91. The van der Waals surface area contributed by atoms with E-state index in [-0.39, 0.29) is 22.5 Å². The van der Waals surface area contributed by atoms with Gasteiger partial charge < -0.3 is 0 Å². The summed E-state index contributed by atoms with van der Waals surface area (Å²) in [4.78, 5) is 12.4. The van der Waals surface area contributed by atoms with Crippen molar-refractivity contribution in [3.8, 4) is 11.8 Å². The molecule has 0 amide bonds. The van der Waals surface area contributed by atoms with Crippen molar-refractivity contribution in [2.75, 3.05) is 0 Å². The summed E-state index contributed by atoms with van der Waals surface area (Å²) < 4.78 is 66.6. The largest absolute Gasteiger partial charge is 0.433 e. The van der Waals surface area contributed by atoms with Gasteiger partial charge in [-0.2, -0.15) is 23.5 Å². The van der Waals surface area contributed by atoms with Gasteiger partial charge in [-0.3, -0.25) is 4.79 Å². The molecule has 0 saturated carbocycles. The van der Waals surface area contributed by atoms with Gasteiger partial charge in [0.25, 0.3) is 0 Å². The molecule has 152 valence electrons. The van der Waals surface area contributed by atoms with Crippen LogP contribution in [0.1, 0.15) is 27.3 Å². The maximum Gasteiger partial charge on any atom is 0.433 e. The summed E-state index contributed by atoms with van der Waals surface area (Å²) in [6, 6.07) is 10.6. The Bertz CT molecular complexity index is 1180. The van der Waals surface area contributed by atoms with Crippen molar-refractivity contribution in [2.45, 2.75) is 13.1 Å². The number of nitriles is 1. The number of hydrogen-bond donors (Lipinski definition) is 0. The molecule has 0 aliphatic heterocycles. The first kappa shape index (κ1) is 20.9. The van der Waals surface area contributed by atoms with Gasteiger partial charge in [-0.25, -0.2) is 13.5 Å². The molecule has 0 aliphatic carbocycles. The number of ketones is 1. The molecule has 0 aliphatic rings. The monoisotopic (exact) mass is 417 g/mol. The average molecular weight is 417 g/mol. The zero-order chi connectivity index (χ0) is 22.1. The van der Waals surface area contributed by atoms with Gasteiger partial charge in [0.2, 0.25) is 5.78 Å². The van der Waals surface area contributed by atoms with Gasteiger partial charge in [-0.15, -0.1) is 0 Å². The molecule has 1 heterocycles. The van der Waals surface area contributed by atoms with Crippen molar-refractivity contribution in [2.24, 2.45) is 0 Å². The van der Waals surface area contributed by atoms with E-state index in [4.69, 9.17) is 0 Å². The van der Waals surface area contributed by atoms with Crippen LogP contribution < -0.4 is 0 Å². The molecular weight excluding hydrogens is 405 g/mol. The van der Waals surface area contributed by atoms with Crippen LogP contribution in [0.15, 0.2) is 54.1 Å². The van der Waals surface area contributed by atoms with Crippen molar-refractivity contribution in [3.05, 3.63) is 88.3 Å². The van der Waals surface area contributed by atoms with Crippen LogP contribution in [0.5, 0.6) is 0 Å². The Morgan fingerprint density at radius 3 is 2.30 bits per heavy atom. The number of Topliss-reactive ketones (excluding diaryl/α,β-unsaturated/α-hetero) is 1. The number of benzene rings is 2. The summed E-state index contributed by atoms with van der Waals surface area (Å²) in [7, 11) is 0. The zero-order valence-electron chi connectivity index (χ0n) is 15.3. The predicted octanol–water partition coefficient (Wildman–Crippen LogP) is 5.27. The van der Waals surface area contributed by atoms with Crippen LogP contribution in [0.2, 0.25) is 0 Å². The van der Waals surface area contributed by atoms with E-state index < -0.39 is 29.3 Å². The maximum atomic E-state index is 13.3.